The Morgan fingerprint density at radius 2 is 1.77 bits per heavy atom. The Kier molecular flexibility index (Phi) is 5.37. The van der Waals surface area contributed by atoms with Crippen LogP contribution in [0, 0.1) is 0 Å². The van der Waals surface area contributed by atoms with Crippen LogP contribution < -0.4 is 4.74 Å². The number of benzene rings is 1. The molecule has 2 rings (SSSR count). The monoisotopic (exact) mass is 360 g/mol. The molecule has 0 saturated heterocycles. The van der Waals surface area contributed by atoms with E-state index in [1.54, 1.807) is 16.8 Å². The fourth-order valence-electron chi connectivity index (χ4n) is 2.21. The topological polar surface area (TPSA) is 44.1 Å². The van der Waals surface area contributed by atoms with Crippen LogP contribution in [0.1, 0.15) is 32.2 Å². The number of halogens is 3. The lowest BCUT2D eigenvalue weighted by Gasteiger charge is -2.11. The molecule has 0 radical (unpaired) electrons. The van der Waals surface area contributed by atoms with Gasteiger partial charge >= 0.3 is 5.97 Å². The first-order valence-corrected chi connectivity index (χ1v) is 7.96. The molecule has 7 heteroatoms. The predicted molar refractivity (Wildman–Crippen MR) is 88.7 cm³/mol. The Bertz CT molecular complexity index is 703. The molecule has 4 nitrogen and oxygen atoms in total. The number of aromatic nitrogens is 2. The van der Waals surface area contributed by atoms with Gasteiger partial charge in [-0.1, -0.05) is 48.7 Å². The van der Waals surface area contributed by atoms with Gasteiger partial charge in [0.25, 0.3) is 0 Å². The van der Waals surface area contributed by atoms with Gasteiger partial charge in [-0.15, -0.1) is 0 Å². The molecule has 0 bridgehead atoms. The second-order valence-electron chi connectivity index (χ2n) is 4.65. The number of esters is 1. The third-order valence-corrected chi connectivity index (χ3v) is 3.90. The summed E-state index contributed by atoms with van der Waals surface area (Å²) in [5.41, 5.74) is 1.94. The van der Waals surface area contributed by atoms with Gasteiger partial charge in [-0.05, 0) is 25.0 Å². The minimum atomic E-state index is -0.391. The van der Waals surface area contributed by atoms with Gasteiger partial charge in [-0.3, -0.25) is 4.79 Å². The summed E-state index contributed by atoms with van der Waals surface area (Å²) in [7, 11) is 0. The highest BCUT2D eigenvalue weighted by Gasteiger charge is 2.22. The number of hydrogen-bond donors (Lipinski definition) is 0. The van der Waals surface area contributed by atoms with Crippen LogP contribution in [0.3, 0.4) is 0 Å². The Hall–Kier alpha value is -1.23. The first-order chi connectivity index (χ1) is 10.4. The third-order valence-electron chi connectivity index (χ3n) is 3.11. The van der Waals surface area contributed by atoms with Gasteiger partial charge in [0, 0.05) is 11.9 Å². The molecule has 2 aromatic rings. The molecule has 0 N–H and O–H groups in total. The van der Waals surface area contributed by atoms with Crippen molar-refractivity contribution in [3.05, 3.63) is 38.6 Å². The third kappa shape index (κ3) is 3.24. The van der Waals surface area contributed by atoms with E-state index in [0.717, 1.165) is 5.69 Å². The van der Waals surface area contributed by atoms with Gasteiger partial charge in [0.05, 0.1) is 15.7 Å². The molecule has 0 aliphatic heterocycles. The maximum Gasteiger partial charge on any atom is 0.308 e. The van der Waals surface area contributed by atoms with Crippen molar-refractivity contribution in [2.24, 2.45) is 0 Å². The minimum Gasteiger partial charge on any atom is -0.423 e. The molecule has 0 amide bonds. The average Bonchev–Trinajstić information content (AvgIpc) is 2.74. The molecule has 0 fully saturated rings. The molecule has 0 saturated carbocycles. The maximum absolute atomic E-state index is 11.3. The van der Waals surface area contributed by atoms with Crippen LogP contribution in [-0.4, -0.2) is 15.7 Å². The van der Waals surface area contributed by atoms with Crippen molar-refractivity contribution in [2.75, 3.05) is 0 Å². The van der Waals surface area contributed by atoms with E-state index < -0.39 is 5.97 Å². The first-order valence-electron chi connectivity index (χ1n) is 6.83. The maximum atomic E-state index is 11.3. The number of carbonyl (C=O) groups is 1. The highest BCUT2D eigenvalue weighted by atomic mass is 35.5. The summed E-state index contributed by atoms with van der Waals surface area (Å²) < 4.78 is 6.95. The quantitative estimate of drug-likeness (QED) is 0.729. The number of nitrogens with zero attached hydrogens (tertiary/aromatic N) is 2. The first kappa shape index (κ1) is 17.1. The van der Waals surface area contributed by atoms with Crippen LogP contribution in [0.25, 0.3) is 5.69 Å². The largest absolute Gasteiger partial charge is 0.423 e. The summed E-state index contributed by atoms with van der Waals surface area (Å²) in [6, 6.07) is 3.20. The molecule has 0 spiro atoms. The van der Waals surface area contributed by atoms with E-state index in [-0.39, 0.29) is 0 Å². The summed E-state index contributed by atoms with van der Waals surface area (Å²) in [6.07, 6.45) is 1.22. The number of aryl methyl sites for hydroxylation is 1. The van der Waals surface area contributed by atoms with Crippen LogP contribution in [-0.2, 0) is 17.6 Å². The van der Waals surface area contributed by atoms with Crippen molar-refractivity contribution >= 4 is 40.8 Å². The zero-order valence-electron chi connectivity index (χ0n) is 12.4. The van der Waals surface area contributed by atoms with Crippen LogP contribution in [0.15, 0.2) is 12.1 Å². The van der Waals surface area contributed by atoms with Gasteiger partial charge in [-0.2, -0.15) is 5.10 Å². The molecule has 0 aliphatic carbocycles. The zero-order valence-corrected chi connectivity index (χ0v) is 14.7. The Morgan fingerprint density at radius 1 is 1.18 bits per heavy atom. The van der Waals surface area contributed by atoms with Crippen molar-refractivity contribution in [3.8, 4) is 11.4 Å². The number of rotatable bonds is 4. The second kappa shape index (κ2) is 6.90. The van der Waals surface area contributed by atoms with Crippen LogP contribution >= 0.6 is 34.8 Å². The van der Waals surface area contributed by atoms with Crippen molar-refractivity contribution in [3.63, 3.8) is 0 Å². The van der Waals surface area contributed by atoms with E-state index in [0.29, 0.717) is 45.0 Å². The fraction of sp³-hybridized carbons (Fsp3) is 0.333. The molecule has 0 unspecified atom stereocenters. The van der Waals surface area contributed by atoms with Crippen molar-refractivity contribution in [1.29, 1.82) is 0 Å². The summed E-state index contributed by atoms with van der Waals surface area (Å²) in [5, 5.41) is 5.71. The molecular weight excluding hydrogens is 347 g/mol. The highest BCUT2D eigenvalue weighted by molar-refractivity contribution is 6.40. The van der Waals surface area contributed by atoms with Crippen LogP contribution in [0.4, 0.5) is 0 Å². The lowest BCUT2D eigenvalue weighted by molar-refractivity contribution is -0.132. The second-order valence-corrected chi connectivity index (χ2v) is 5.90. The van der Waals surface area contributed by atoms with E-state index in [4.69, 9.17) is 39.5 Å². The molecule has 1 aromatic carbocycles. The molecule has 1 aromatic heterocycles. The van der Waals surface area contributed by atoms with Crippen LogP contribution in [0.2, 0.25) is 15.1 Å². The highest BCUT2D eigenvalue weighted by Crippen LogP contribution is 2.36. The summed E-state index contributed by atoms with van der Waals surface area (Å²) in [5.74, 6) is 0.0804. The number of ether oxygens (including phenoxy) is 1. The number of carbonyl (C=O) groups excluding carboxylic acids is 1. The standard InChI is InChI=1S/C15H15Cl3N2O2/c1-4-12-15(22-8(3)21)13(5-2)20(19-12)14-10(17)6-9(16)7-11(14)18/h6-7H,4-5H2,1-3H3. The summed E-state index contributed by atoms with van der Waals surface area (Å²) in [6.45, 7) is 5.24. The Balaban J connectivity index is 2.71. The van der Waals surface area contributed by atoms with Gasteiger partial charge in [-0.25, -0.2) is 4.68 Å². The van der Waals surface area contributed by atoms with Crippen molar-refractivity contribution in [2.45, 2.75) is 33.6 Å². The van der Waals surface area contributed by atoms with E-state index in [9.17, 15) is 4.79 Å². The van der Waals surface area contributed by atoms with Crippen molar-refractivity contribution in [1.82, 2.24) is 9.78 Å². The SMILES string of the molecule is CCc1nn(-c2c(Cl)cc(Cl)cc2Cl)c(CC)c1OC(C)=O. The van der Waals surface area contributed by atoms with E-state index in [1.807, 2.05) is 13.8 Å². The van der Waals surface area contributed by atoms with Gasteiger partial charge in [0.1, 0.15) is 11.4 Å². The van der Waals surface area contributed by atoms with E-state index >= 15 is 0 Å². The average molecular weight is 362 g/mol. The Labute approximate surface area is 143 Å². The summed E-state index contributed by atoms with van der Waals surface area (Å²) >= 11 is 18.5. The molecule has 118 valence electrons. The van der Waals surface area contributed by atoms with Crippen molar-refractivity contribution < 1.29 is 9.53 Å². The molecule has 1 heterocycles. The predicted octanol–water partition coefficient (Wildman–Crippen LogP) is 4.88. The van der Waals surface area contributed by atoms with Gasteiger partial charge in [0.15, 0.2) is 5.75 Å². The van der Waals surface area contributed by atoms with Gasteiger partial charge in [0.2, 0.25) is 0 Å². The normalized spacial score (nSPS) is 10.8. The van der Waals surface area contributed by atoms with E-state index in [2.05, 4.69) is 5.10 Å². The van der Waals surface area contributed by atoms with Crippen LogP contribution in [0.5, 0.6) is 5.75 Å². The minimum absolute atomic E-state index is 0.381. The summed E-state index contributed by atoms with van der Waals surface area (Å²) in [4.78, 5) is 11.3. The molecular formula is C15H15Cl3N2O2. The van der Waals surface area contributed by atoms with E-state index in [1.165, 1.54) is 6.92 Å². The molecule has 0 aliphatic rings. The zero-order chi connectivity index (χ0) is 16.4. The lowest BCUT2D eigenvalue weighted by Crippen LogP contribution is -2.06. The number of hydrogen-bond acceptors (Lipinski definition) is 3. The molecule has 0 atom stereocenters. The lowest BCUT2D eigenvalue weighted by atomic mass is 10.2. The fourth-order valence-corrected chi connectivity index (χ4v) is 3.19. The smallest absolute Gasteiger partial charge is 0.308 e. The van der Waals surface area contributed by atoms with Gasteiger partial charge < -0.3 is 4.74 Å². The molecule has 22 heavy (non-hydrogen) atoms. The Morgan fingerprint density at radius 3 is 2.23 bits per heavy atom.